The fourth-order valence-electron chi connectivity index (χ4n) is 2.24. The van der Waals surface area contributed by atoms with E-state index in [4.69, 9.17) is 5.11 Å². The van der Waals surface area contributed by atoms with Crippen molar-refractivity contribution in [3.8, 4) is 5.75 Å². The van der Waals surface area contributed by atoms with Gasteiger partial charge in [0, 0.05) is 12.6 Å². The van der Waals surface area contributed by atoms with E-state index in [0.717, 1.165) is 19.3 Å². The topological polar surface area (TPSA) is 60.8 Å². The molecule has 0 spiro atoms. The molecule has 1 aliphatic rings. The molecular formula is C14H19NO3. The van der Waals surface area contributed by atoms with Crippen LogP contribution in [-0.4, -0.2) is 40.2 Å². The van der Waals surface area contributed by atoms with Crippen LogP contribution in [0.3, 0.4) is 0 Å². The summed E-state index contributed by atoms with van der Waals surface area (Å²) >= 11 is 0. The first-order valence-corrected chi connectivity index (χ1v) is 6.35. The number of carbonyl (C=O) groups excluding carboxylic acids is 1. The third-order valence-corrected chi connectivity index (χ3v) is 3.59. The molecular weight excluding hydrogens is 230 g/mol. The number of aromatic hydroxyl groups is 1. The number of nitrogens with zero attached hydrogens (tertiary/aromatic N) is 1. The van der Waals surface area contributed by atoms with E-state index < -0.39 is 0 Å². The summed E-state index contributed by atoms with van der Waals surface area (Å²) < 4.78 is 0. The Kier molecular flexibility index (Phi) is 3.87. The van der Waals surface area contributed by atoms with Crippen molar-refractivity contribution in [3.05, 3.63) is 29.3 Å². The highest BCUT2D eigenvalue weighted by atomic mass is 16.3. The predicted molar refractivity (Wildman–Crippen MR) is 68.6 cm³/mol. The van der Waals surface area contributed by atoms with Crippen LogP contribution < -0.4 is 0 Å². The van der Waals surface area contributed by atoms with Crippen molar-refractivity contribution in [1.29, 1.82) is 0 Å². The van der Waals surface area contributed by atoms with Crippen molar-refractivity contribution in [1.82, 2.24) is 4.90 Å². The average molecular weight is 249 g/mol. The van der Waals surface area contributed by atoms with Crippen LogP contribution in [-0.2, 0) is 0 Å². The molecule has 0 aromatic heterocycles. The molecule has 0 heterocycles. The summed E-state index contributed by atoms with van der Waals surface area (Å²) in [6.45, 7) is 2.05. The van der Waals surface area contributed by atoms with E-state index >= 15 is 0 Å². The standard InChI is InChI=1S/C14H19NO3/c1-10-4-2-7-12(13(10)17)14(18)15(8-9-16)11-5-3-6-11/h2,4,7,11,16-17H,3,5-6,8-9H2,1H3. The van der Waals surface area contributed by atoms with Crippen LogP contribution in [0.15, 0.2) is 18.2 Å². The molecule has 0 unspecified atom stereocenters. The number of aliphatic hydroxyl groups excluding tert-OH is 1. The van der Waals surface area contributed by atoms with Gasteiger partial charge in [0.15, 0.2) is 0 Å². The maximum atomic E-state index is 12.4. The Morgan fingerprint density at radius 3 is 2.72 bits per heavy atom. The van der Waals surface area contributed by atoms with Gasteiger partial charge >= 0.3 is 0 Å². The molecule has 1 aromatic rings. The third-order valence-electron chi connectivity index (χ3n) is 3.59. The highest BCUT2D eigenvalue weighted by Crippen LogP contribution is 2.29. The first-order chi connectivity index (χ1) is 8.65. The van der Waals surface area contributed by atoms with Crippen LogP contribution in [0.2, 0.25) is 0 Å². The van der Waals surface area contributed by atoms with Gasteiger partial charge in [0.05, 0.1) is 12.2 Å². The highest BCUT2D eigenvalue weighted by Gasteiger charge is 2.30. The summed E-state index contributed by atoms with van der Waals surface area (Å²) in [6, 6.07) is 5.38. The molecule has 1 fully saturated rings. The number of hydrogen-bond donors (Lipinski definition) is 2. The van der Waals surface area contributed by atoms with Crippen molar-refractivity contribution in [2.24, 2.45) is 0 Å². The molecule has 98 valence electrons. The zero-order valence-corrected chi connectivity index (χ0v) is 10.6. The van der Waals surface area contributed by atoms with Gasteiger partial charge in [-0.2, -0.15) is 0 Å². The molecule has 1 aromatic carbocycles. The molecule has 2 rings (SSSR count). The van der Waals surface area contributed by atoms with Gasteiger partial charge in [-0.3, -0.25) is 4.79 Å². The van der Waals surface area contributed by atoms with Crippen LogP contribution in [0.1, 0.15) is 35.2 Å². The number of para-hydroxylation sites is 1. The number of phenolic OH excluding ortho intramolecular Hbond substituents is 1. The van der Waals surface area contributed by atoms with Gasteiger partial charge < -0.3 is 15.1 Å². The van der Waals surface area contributed by atoms with Crippen LogP contribution in [0.25, 0.3) is 0 Å². The average Bonchev–Trinajstić information content (AvgIpc) is 2.29. The number of rotatable bonds is 4. The van der Waals surface area contributed by atoms with Crippen molar-refractivity contribution < 1.29 is 15.0 Å². The van der Waals surface area contributed by atoms with Gasteiger partial charge in [0.2, 0.25) is 0 Å². The lowest BCUT2D eigenvalue weighted by Gasteiger charge is -2.37. The number of hydrogen-bond acceptors (Lipinski definition) is 3. The second kappa shape index (κ2) is 5.40. The van der Waals surface area contributed by atoms with Gasteiger partial charge in [-0.05, 0) is 37.8 Å². The fourth-order valence-corrected chi connectivity index (χ4v) is 2.24. The molecule has 0 bridgehead atoms. The van der Waals surface area contributed by atoms with Crippen LogP contribution in [0.4, 0.5) is 0 Å². The van der Waals surface area contributed by atoms with Gasteiger partial charge in [0.1, 0.15) is 5.75 Å². The Morgan fingerprint density at radius 1 is 1.44 bits per heavy atom. The Labute approximate surface area is 107 Å². The SMILES string of the molecule is Cc1cccc(C(=O)N(CCO)C2CCC2)c1O. The lowest BCUT2D eigenvalue weighted by molar-refractivity contribution is 0.0523. The Bertz CT molecular complexity index is 441. The van der Waals surface area contributed by atoms with Crippen molar-refractivity contribution in [2.75, 3.05) is 13.2 Å². The summed E-state index contributed by atoms with van der Waals surface area (Å²) in [5, 5.41) is 19.0. The van der Waals surface area contributed by atoms with Crippen molar-refractivity contribution in [3.63, 3.8) is 0 Å². The summed E-state index contributed by atoms with van der Waals surface area (Å²) in [7, 11) is 0. The third kappa shape index (κ3) is 2.34. The fraction of sp³-hybridized carbons (Fsp3) is 0.500. The minimum Gasteiger partial charge on any atom is -0.507 e. The van der Waals surface area contributed by atoms with E-state index in [2.05, 4.69) is 0 Å². The molecule has 1 saturated carbocycles. The number of phenols is 1. The van der Waals surface area contributed by atoms with E-state index in [9.17, 15) is 9.90 Å². The largest absolute Gasteiger partial charge is 0.507 e. The van der Waals surface area contributed by atoms with Crippen molar-refractivity contribution >= 4 is 5.91 Å². The Hall–Kier alpha value is -1.55. The number of aliphatic hydroxyl groups is 1. The van der Waals surface area contributed by atoms with Crippen LogP contribution in [0.5, 0.6) is 5.75 Å². The van der Waals surface area contributed by atoms with Gasteiger partial charge in [-0.1, -0.05) is 12.1 Å². The molecule has 4 nitrogen and oxygen atoms in total. The zero-order chi connectivity index (χ0) is 13.1. The van der Waals surface area contributed by atoms with Gasteiger partial charge in [-0.15, -0.1) is 0 Å². The quantitative estimate of drug-likeness (QED) is 0.853. The number of amides is 1. The first-order valence-electron chi connectivity index (χ1n) is 6.35. The van der Waals surface area contributed by atoms with Crippen LogP contribution in [0, 0.1) is 6.92 Å². The molecule has 1 amide bonds. The normalized spacial score (nSPS) is 15.2. The van der Waals surface area contributed by atoms with Crippen LogP contribution >= 0.6 is 0 Å². The van der Waals surface area contributed by atoms with E-state index in [1.165, 1.54) is 0 Å². The maximum Gasteiger partial charge on any atom is 0.257 e. The van der Waals surface area contributed by atoms with E-state index in [-0.39, 0.29) is 24.3 Å². The van der Waals surface area contributed by atoms with Gasteiger partial charge in [-0.25, -0.2) is 0 Å². The molecule has 1 aliphatic carbocycles. The smallest absolute Gasteiger partial charge is 0.257 e. The number of carbonyl (C=O) groups is 1. The van der Waals surface area contributed by atoms with E-state index in [1.807, 2.05) is 0 Å². The lowest BCUT2D eigenvalue weighted by Crippen LogP contribution is -2.45. The second-order valence-electron chi connectivity index (χ2n) is 4.78. The number of aryl methyl sites for hydroxylation is 1. The molecule has 18 heavy (non-hydrogen) atoms. The number of benzene rings is 1. The molecule has 0 radical (unpaired) electrons. The zero-order valence-electron chi connectivity index (χ0n) is 10.6. The summed E-state index contributed by atoms with van der Waals surface area (Å²) in [5.41, 5.74) is 1.02. The molecule has 0 saturated heterocycles. The molecule has 0 aliphatic heterocycles. The minimum atomic E-state index is -0.185. The Morgan fingerprint density at radius 2 is 2.17 bits per heavy atom. The predicted octanol–water partition coefficient (Wildman–Crippen LogP) is 1.69. The summed E-state index contributed by atoms with van der Waals surface area (Å²) in [5.74, 6) is -0.139. The lowest BCUT2D eigenvalue weighted by atomic mass is 9.91. The van der Waals surface area contributed by atoms with Gasteiger partial charge in [0.25, 0.3) is 5.91 Å². The maximum absolute atomic E-state index is 12.4. The second-order valence-corrected chi connectivity index (χ2v) is 4.78. The monoisotopic (exact) mass is 249 g/mol. The first kappa shape index (κ1) is 12.9. The van der Waals surface area contributed by atoms with E-state index in [0.29, 0.717) is 17.7 Å². The minimum absolute atomic E-state index is 0.0461. The van der Waals surface area contributed by atoms with Crippen molar-refractivity contribution in [2.45, 2.75) is 32.2 Å². The Balaban J connectivity index is 2.24. The molecule has 4 heteroatoms. The summed E-state index contributed by atoms with van der Waals surface area (Å²) in [6.07, 6.45) is 3.09. The summed E-state index contributed by atoms with van der Waals surface area (Å²) in [4.78, 5) is 14.1. The molecule has 0 atom stereocenters. The highest BCUT2D eigenvalue weighted by molar-refractivity contribution is 5.97. The molecule has 2 N–H and O–H groups in total. The van der Waals surface area contributed by atoms with E-state index in [1.54, 1.807) is 30.0 Å².